The van der Waals surface area contributed by atoms with Gasteiger partial charge in [-0.3, -0.25) is 0 Å². The molecule has 1 aromatic carbocycles. The van der Waals surface area contributed by atoms with Gasteiger partial charge in [-0.05, 0) is 51.0 Å². The van der Waals surface area contributed by atoms with Crippen LogP contribution in [-0.4, -0.2) is 55.7 Å². The third kappa shape index (κ3) is 5.59. The molecular formula is C16H22F3N3O2. The second-order valence-electron chi connectivity index (χ2n) is 5.77. The van der Waals surface area contributed by atoms with Crippen molar-refractivity contribution < 1.29 is 22.7 Å². The molecule has 1 N–H and O–H groups in total. The number of rotatable bonds is 7. The minimum atomic E-state index is -3.05. The number of amides is 2. The molecule has 0 aliphatic carbocycles. The molecule has 0 spiro atoms. The summed E-state index contributed by atoms with van der Waals surface area (Å²) in [5.74, 6) is -0.922. The maximum atomic E-state index is 13.3. The van der Waals surface area contributed by atoms with Crippen LogP contribution in [0.2, 0.25) is 0 Å². The fourth-order valence-electron chi connectivity index (χ4n) is 2.65. The number of nitrogens with one attached hydrogen (secondary N) is 1. The Kier molecular flexibility index (Phi) is 6.72. The highest BCUT2D eigenvalue weighted by Crippen LogP contribution is 2.27. The van der Waals surface area contributed by atoms with Crippen molar-refractivity contribution in [2.24, 2.45) is 0 Å². The van der Waals surface area contributed by atoms with E-state index in [0.29, 0.717) is 6.54 Å². The van der Waals surface area contributed by atoms with E-state index < -0.39 is 18.5 Å². The predicted molar refractivity (Wildman–Crippen MR) is 85.0 cm³/mol. The fourth-order valence-corrected chi connectivity index (χ4v) is 2.65. The van der Waals surface area contributed by atoms with Gasteiger partial charge < -0.3 is 19.9 Å². The molecule has 0 saturated carbocycles. The highest BCUT2D eigenvalue weighted by Gasteiger charge is 2.16. The zero-order valence-electron chi connectivity index (χ0n) is 13.6. The fraction of sp³-hybridized carbons (Fsp3) is 0.562. The predicted octanol–water partition coefficient (Wildman–Crippen LogP) is 3.38. The van der Waals surface area contributed by atoms with Crippen molar-refractivity contribution in [2.45, 2.75) is 25.9 Å². The van der Waals surface area contributed by atoms with E-state index in [0.717, 1.165) is 44.3 Å². The highest BCUT2D eigenvalue weighted by molar-refractivity contribution is 5.90. The Bertz CT molecular complexity index is 551. The van der Waals surface area contributed by atoms with Gasteiger partial charge in [-0.2, -0.15) is 8.78 Å². The molecule has 0 bridgehead atoms. The van der Waals surface area contributed by atoms with Crippen molar-refractivity contribution in [3.63, 3.8) is 0 Å². The molecule has 5 nitrogen and oxygen atoms in total. The Labute approximate surface area is 139 Å². The van der Waals surface area contributed by atoms with Gasteiger partial charge in [-0.1, -0.05) is 0 Å². The van der Waals surface area contributed by atoms with Gasteiger partial charge in [-0.15, -0.1) is 0 Å². The molecule has 1 aromatic rings. The molecule has 1 saturated heterocycles. The highest BCUT2D eigenvalue weighted by atomic mass is 19.3. The number of likely N-dealkylation sites (tertiary alicyclic amines) is 1. The van der Waals surface area contributed by atoms with E-state index in [1.165, 1.54) is 17.7 Å². The number of hydrogen-bond donors (Lipinski definition) is 1. The van der Waals surface area contributed by atoms with Crippen molar-refractivity contribution >= 4 is 11.7 Å². The summed E-state index contributed by atoms with van der Waals surface area (Å²) in [6.45, 7) is 0.561. The molecule has 0 unspecified atom stereocenters. The van der Waals surface area contributed by atoms with E-state index in [1.807, 2.05) is 0 Å². The summed E-state index contributed by atoms with van der Waals surface area (Å²) in [6, 6.07) is 2.51. The summed E-state index contributed by atoms with van der Waals surface area (Å²) in [6.07, 6.45) is 3.24. The first kappa shape index (κ1) is 18.4. The lowest BCUT2D eigenvalue weighted by atomic mass is 10.3. The van der Waals surface area contributed by atoms with Gasteiger partial charge in [0.1, 0.15) is 11.6 Å². The number of nitrogens with zero attached hydrogens (tertiary/aromatic N) is 2. The number of benzene rings is 1. The molecule has 2 amide bonds. The number of carbonyl (C=O) groups is 1. The molecule has 2 rings (SSSR count). The Morgan fingerprint density at radius 1 is 1.38 bits per heavy atom. The number of anilines is 1. The van der Waals surface area contributed by atoms with Crippen molar-refractivity contribution in [3.8, 4) is 5.75 Å². The lowest BCUT2D eigenvalue weighted by Gasteiger charge is -2.21. The van der Waals surface area contributed by atoms with Crippen LogP contribution in [0.15, 0.2) is 18.2 Å². The maximum absolute atomic E-state index is 13.3. The first-order valence-electron chi connectivity index (χ1n) is 7.94. The minimum absolute atomic E-state index is 0.119. The Hall–Kier alpha value is -1.96. The van der Waals surface area contributed by atoms with Gasteiger partial charge >= 0.3 is 12.6 Å². The third-order valence-electron chi connectivity index (χ3n) is 3.91. The van der Waals surface area contributed by atoms with Crippen LogP contribution in [0.5, 0.6) is 5.75 Å². The zero-order valence-corrected chi connectivity index (χ0v) is 13.6. The quantitative estimate of drug-likeness (QED) is 0.824. The van der Waals surface area contributed by atoms with Crippen LogP contribution in [0.4, 0.5) is 23.7 Å². The summed E-state index contributed by atoms with van der Waals surface area (Å²) < 4.78 is 42.3. The molecule has 0 atom stereocenters. The standard InChI is InChI=1S/C16H22F3N3O2/c1-21(7-4-10-22-8-2-3-9-22)16(23)20-13-11-12(17)5-6-14(13)24-15(18)19/h5-6,11,15H,2-4,7-10H2,1H3,(H,20,23). The molecular weight excluding hydrogens is 323 g/mol. The topological polar surface area (TPSA) is 44.8 Å². The first-order chi connectivity index (χ1) is 11.5. The first-order valence-corrected chi connectivity index (χ1v) is 7.94. The van der Waals surface area contributed by atoms with E-state index >= 15 is 0 Å². The molecule has 1 aliphatic heterocycles. The van der Waals surface area contributed by atoms with Crippen molar-refractivity contribution in [1.29, 1.82) is 0 Å². The zero-order chi connectivity index (χ0) is 17.5. The number of ether oxygens (including phenoxy) is 1. The lowest BCUT2D eigenvalue weighted by Crippen LogP contribution is -2.34. The molecule has 1 fully saturated rings. The van der Waals surface area contributed by atoms with Gasteiger partial charge in [0.05, 0.1) is 5.69 Å². The Morgan fingerprint density at radius 3 is 2.75 bits per heavy atom. The van der Waals surface area contributed by atoms with E-state index in [4.69, 9.17) is 0 Å². The SMILES string of the molecule is CN(CCCN1CCCC1)C(=O)Nc1cc(F)ccc1OC(F)F. The summed E-state index contributed by atoms with van der Waals surface area (Å²) in [7, 11) is 1.60. The van der Waals surface area contributed by atoms with Crippen LogP contribution in [0.1, 0.15) is 19.3 Å². The molecule has 1 heterocycles. The summed E-state index contributed by atoms with van der Waals surface area (Å²) in [4.78, 5) is 15.9. The van der Waals surface area contributed by atoms with Crippen LogP contribution in [0.25, 0.3) is 0 Å². The number of halogens is 3. The van der Waals surface area contributed by atoms with E-state index in [1.54, 1.807) is 7.05 Å². The average Bonchev–Trinajstić information content (AvgIpc) is 3.02. The van der Waals surface area contributed by atoms with E-state index in [-0.39, 0.29) is 11.4 Å². The van der Waals surface area contributed by atoms with Crippen molar-refractivity contribution in [2.75, 3.05) is 38.5 Å². The van der Waals surface area contributed by atoms with Crippen LogP contribution >= 0.6 is 0 Å². The van der Waals surface area contributed by atoms with E-state index in [9.17, 15) is 18.0 Å². The summed E-state index contributed by atoms with van der Waals surface area (Å²) >= 11 is 0. The van der Waals surface area contributed by atoms with Crippen LogP contribution < -0.4 is 10.1 Å². The summed E-state index contributed by atoms with van der Waals surface area (Å²) in [5.41, 5.74) is -0.119. The third-order valence-corrected chi connectivity index (χ3v) is 3.91. The molecule has 24 heavy (non-hydrogen) atoms. The van der Waals surface area contributed by atoms with E-state index in [2.05, 4.69) is 15.0 Å². The van der Waals surface area contributed by atoms with Gasteiger partial charge in [0.25, 0.3) is 0 Å². The number of urea groups is 1. The monoisotopic (exact) mass is 345 g/mol. The lowest BCUT2D eigenvalue weighted by molar-refractivity contribution is -0.0494. The molecule has 1 aliphatic rings. The molecule has 0 aromatic heterocycles. The van der Waals surface area contributed by atoms with Crippen LogP contribution in [-0.2, 0) is 0 Å². The molecule has 0 radical (unpaired) electrons. The minimum Gasteiger partial charge on any atom is -0.433 e. The Balaban J connectivity index is 1.86. The van der Waals surface area contributed by atoms with Gasteiger partial charge in [0.2, 0.25) is 0 Å². The van der Waals surface area contributed by atoms with Gasteiger partial charge in [0.15, 0.2) is 0 Å². The molecule has 8 heteroatoms. The number of carbonyl (C=O) groups excluding carboxylic acids is 1. The number of alkyl halides is 2. The molecule has 134 valence electrons. The van der Waals surface area contributed by atoms with Crippen LogP contribution in [0, 0.1) is 5.82 Å². The largest absolute Gasteiger partial charge is 0.433 e. The second kappa shape index (κ2) is 8.77. The summed E-state index contributed by atoms with van der Waals surface area (Å²) in [5, 5.41) is 2.41. The Morgan fingerprint density at radius 2 is 2.08 bits per heavy atom. The van der Waals surface area contributed by atoms with Crippen LogP contribution in [0.3, 0.4) is 0 Å². The maximum Gasteiger partial charge on any atom is 0.387 e. The van der Waals surface area contributed by atoms with Gasteiger partial charge in [0, 0.05) is 19.7 Å². The number of hydrogen-bond acceptors (Lipinski definition) is 3. The normalized spacial score (nSPS) is 14.9. The van der Waals surface area contributed by atoms with Gasteiger partial charge in [-0.25, -0.2) is 9.18 Å². The average molecular weight is 345 g/mol. The van der Waals surface area contributed by atoms with Crippen molar-refractivity contribution in [1.82, 2.24) is 9.80 Å². The smallest absolute Gasteiger partial charge is 0.387 e. The van der Waals surface area contributed by atoms with Crippen molar-refractivity contribution in [3.05, 3.63) is 24.0 Å². The second-order valence-corrected chi connectivity index (χ2v) is 5.77.